The highest BCUT2D eigenvalue weighted by Crippen LogP contribution is 2.34. The van der Waals surface area contributed by atoms with Gasteiger partial charge in [-0.3, -0.25) is 4.79 Å². The summed E-state index contributed by atoms with van der Waals surface area (Å²) in [5.74, 6) is 1.21. The van der Waals surface area contributed by atoms with Crippen LogP contribution in [0, 0.1) is 5.92 Å². The lowest BCUT2D eigenvalue weighted by Crippen LogP contribution is -2.19. The summed E-state index contributed by atoms with van der Waals surface area (Å²) in [5, 5.41) is 7.41. The van der Waals surface area contributed by atoms with Crippen LogP contribution in [0.25, 0.3) is 21.9 Å². The van der Waals surface area contributed by atoms with Crippen LogP contribution in [0.3, 0.4) is 0 Å². The number of hydrogen-bond acceptors (Lipinski definition) is 5. The van der Waals surface area contributed by atoms with Crippen LogP contribution in [0.1, 0.15) is 12.8 Å². The first-order valence-electron chi connectivity index (χ1n) is 9.41. The van der Waals surface area contributed by atoms with Crippen LogP contribution in [0.2, 0.25) is 0 Å². The normalized spacial score (nSPS) is 13.9. The number of amides is 1. The highest BCUT2D eigenvalue weighted by Gasteiger charge is 2.30. The van der Waals surface area contributed by atoms with Gasteiger partial charge in [0.1, 0.15) is 17.4 Å². The van der Waals surface area contributed by atoms with Gasteiger partial charge in [0.25, 0.3) is 0 Å². The monoisotopic (exact) mass is 416 g/mol. The van der Waals surface area contributed by atoms with Crippen LogP contribution in [0.5, 0.6) is 5.75 Å². The molecule has 0 saturated heterocycles. The zero-order valence-corrected chi connectivity index (χ0v) is 16.1. The molecule has 0 spiro atoms. The Morgan fingerprint density at radius 2 is 1.87 bits per heavy atom. The molecule has 2 aromatic heterocycles. The second-order valence-electron chi connectivity index (χ2n) is 7.08. The molecular formula is C21H19F3N4O2. The van der Waals surface area contributed by atoms with Gasteiger partial charge >= 0.3 is 6.18 Å². The predicted octanol–water partition coefficient (Wildman–Crippen LogP) is 4.63. The SMILES string of the molecule is CNc1ncc(-c2ccc(OCC(F)(F)F)cc2)c2cc(NC(=O)C3CC3)ncc12. The van der Waals surface area contributed by atoms with Gasteiger partial charge in [-0.2, -0.15) is 13.2 Å². The van der Waals surface area contributed by atoms with E-state index in [4.69, 9.17) is 4.74 Å². The average molecular weight is 416 g/mol. The van der Waals surface area contributed by atoms with Gasteiger partial charge in [-0.05, 0) is 42.0 Å². The van der Waals surface area contributed by atoms with Crippen molar-refractivity contribution in [1.29, 1.82) is 0 Å². The Balaban J connectivity index is 1.67. The second-order valence-corrected chi connectivity index (χ2v) is 7.08. The van der Waals surface area contributed by atoms with Crippen LogP contribution < -0.4 is 15.4 Å². The molecule has 2 heterocycles. The van der Waals surface area contributed by atoms with E-state index in [-0.39, 0.29) is 17.6 Å². The number of halogens is 3. The van der Waals surface area contributed by atoms with E-state index in [9.17, 15) is 18.0 Å². The van der Waals surface area contributed by atoms with Crippen molar-refractivity contribution in [3.8, 4) is 16.9 Å². The Bertz CT molecular complexity index is 1080. The van der Waals surface area contributed by atoms with Crippen molar-refractivity contribution < 1.29 is 22.7 Å². The molecule has 0 radical (unpaired) electrons. The molecule has 0 aliphatic heterocycles. The van der Waals surface area contributed by atoms with Crippen molar-refractivity contribution in [2.45, 2.75) is 19.0 Å². The number of rotatable bonds is 6. The van der Waals surface area contributed by atoms with Gasteiger partial charge in [0.15, 0.2) is 6.61 Å². The van der Waals surface area contributed by atoms with Gasteiger partial charge in [0, 0.05) is 36.3 Å². The van der Waals surface area contributed by atoms with Gasteiger partial charge in [-0.1, -0.05) is 12.1 Å². The predicted molar refractivity (Wildman–Crippen MR) is 107 cm³/mol. The third-order valence-electron chi connectivity index (χ3n) is 4.78. The first-order chi connectivity index (χ1) is 14.3. The van der Waals surface area contributed by atoms with Gasteiger partial charge in [0.2, 0.25) is 5.91 Å². The third-order valence-corrected chi connectivity index (χ3v) is 4.78. The fourth-order valence-corrected chi connectivity index (χ4v) is 3.10. The average Bonchev–Trinajstić information content (AvgIpc) is 3.57. The molecule has 156 valence electrons. The lowest BCUT2D eigenvalue weighted by atomic mass is 10.0. The number of ether oxygens (including phenoxy) is 1. The summed E-state index contributed by atoms with van der Waals surface area (Å²) < 4.78 is 41.8. The molecule has 0 atom stereocenters. The van der Waals surface area contributed by atoms with E-state index in [1.165, 1.54) is 12.1 Å². The number of fused-ring (bicyclic) bond motifs is 1. The largest absolute Gasteiger partial charge is 0.484 e. The molecule has 1 amide bonds. The molecule has 1 fully saturated rings. The topological polar surface area (TPSA) is 76.1 Å². The van der Waals surface area contributed by atoms with Crippen molar-refractivity contribution >= 4 is 28.3 Å². The molecule has 6 nitrogen and oxygen atoms in total. The van der Waals surface area contributed by atoms with E-state index >= 15 is 0 Å². The summed E-state index contributed by atoms with van der Waals surface area (Å²) in [6, 6.07) is 8.08. The zero-order chi connectivity index (χ0) is 21.3. The fraction of sp³-hybridized carbons (Fsp3) is 0.286. The van der Waals surface area contributed by atoms with E-state index in [2.05, 4.69) is 20.6 Å². The number of anilines is 2. The zero-order valence-electron chi connectivity index (χ0n) is 16.1. The van der Waals surface area contributed by atoms with E-state index in [0.717, 1.165) is 34.7 Å². The number of nitrogens with zero attached hydrogens (tertiary/aromatic N) is 2. The highest BCUT2D eigenvalue weighted by atomic mass is 19.4. The molecule has 2 N–H and O–H groups in total. The Kier molecular flexibility index (Phi) is 5.19. The fourth-order valence-electron chi connectivity index (χ4n) is 3.10. The molecule has 1 aliphatic carbocycles. The van der Waals surface area contributed by atoms with Gasteiger partial charge in [0.05, 0.1) is 0 Å². The molecule has 0 unspecified atom stereocenters. The summed E-state index contributed by atoms with van der Waals surface area (Å²) in [6.45, 7) is -1.34. The summed E-state index contributed by atoms with van der Waals surface area (Å²) >= 11 is 0. The van der Waals surface area contributed by atoms with Crippen LogP contribution in [0.4, 0.5) is 24.8 Å². The number of benzene rings is 1. The molecule has 9 heteroatoms. The van der Waals surface area contributed by atoms with Crippen LogP contribution in [-0.4, -0.2) is 35.7 Å². The molecule has 1 aromatic carbocycles. The Hall–Kier alpha value is -3.36. The van der Waals surface area contributed by atoms with Crippen molar-refractivity contribution in [2.24, 2.45) is 5.92 Å². The van der Waals surface area contributed by atoms with Gasteiger partial charge < -0.3 is 15.4 Å². The molecular weight excluding hydrogens is 397 g/mol. The molecule has 30 heavy (non-hydrogen) atoms. The van der Waals surface area contributed by atoms with Gasteiger partial charge in [-0.25, -0.2) is 9.97 Å². The van der Waals surface area contributed by atoms with Crippen molar-refractivity contribution in [1.82, 2.24) is 9.97 Å². The number of aromatic nitrogens is 2. The summed E-state index contributed by atoms with van der Waals surface area (Å²) in [6.07, 6.45) is 0.700. The molecule has 1 saturated carbocycles. The maximum Gasteiger partial charge on any atom is 0.422 e. The minimum absolute atomic E-state index is 0.0440. The summed E-state index contributed by atoms with van der Waals surface area (Å²) in [4.78, 5) is 20.8. The van der Waals surface area contributed by atoms with Gasteiger partial charge in [-0.15, -0.1) is 0 Å². The standard InChI is InChI=1S/C21H19F3N4O2/c1-25-19-17-10-26-18(28-20(29)13-2-3-13)8-15(17)16(9-27-19)12-4-6-14(7-5-12)30-11-21(22,23)24/h4-10,13H,2-3,11H2,1H3,(H,25,27)(H,26,28,29). The van der Waals surface area contributed by atoms with Crippen molar-refractivity contribution in [3.63, 3.8) is 0 Å². The minimum atomic E-state index is -4.39. The summed E-state index contributed by atoms with van der Waals surface area (Å²) in [5.41, 5.74) is 1.51. The maximum atomic E-state index is 12.3. The smallest absolute Gasteiger partial charge is 0.422 e. The first-order valence-corrected chi connectivity index (χ1v) is 9.41. The second kappa shape index (κ2) is 7.81. The van der Waals surface area contributed by atoms with Crippen molar-refractivity contribution in [2.75, 3.05) is 24.3 Å². The number of hydrogen-bond donors (Lipinski definition) is 2. The Morgan fingerprint density at radius 3 is 2.50 bits per heavy atom. The Morgan fingerprint density at radius 1 is 1.13 bits per heavy atom. The van der Waals surface area contributed by atoms with E-state index in [1.54, 1.807) is 37.6 Å². The quantitative estimate of drug-likeness (QED) is 0.613. The van der Waals surface area contributed by atoms with Crippen LogP contribution in [0.15, 0.2) is 42.7 Å². The molecule has 4 rings (SSSR count). The van der Waals surface area contributed by atoms with Crippen molar-refractivity contribution in [3.05, 3.63) is 42.7 Å². The molecule has 1 aliphatic rings. The molecule has 0 bridgehead atoms. The van der Waals surface area contributed by atoms with E-state index in [1.807, 2.05) is 0 Å². The number of carbonyl (C=O) groups is 1. The van der Waals surface area contributed by atoms with Crippen LogP contribution >= 0.6 is 0 Å². The summed E-state index contributed by atoms with van der Waals surface area (Å²) in [7, 11) is 1.75. The van der Waals surface area contributed by atoms with Crippen LogP contribution in [-0.2, 0) is 4.79 Å². The minimum Gasteiger partial charge on any atom is -0.484 e. The number of nitrogens with one attached hydrogen (secondary N) is 2. The number of carbonyl (C=O) groups excluding carboxylic acids is 1. The molecule has 3 aromatic rings. The highest BCUT2D eigenvalue weighted by molar-refractivity contribution is 6.03. The maximum absolute atomic E-state index is 12.3. The van der Waals surface area contributed by atoms with E-state index < -0.39 is 12.8 Å². The first kappa shape index (κ1) is 19.9. The lowest BCUT2D eigenvalue weighted by Gasteiger charge is -2.13. The number of alkyl halides is 3. The number of pyridine rings is 2. The lowest BCUT2D eigenvalue weighted by molar-refractivity contribution is -0.153. The van der Waals surface area contributed by atoms with E-state index in [0.29, 0.717) is 11.6 Å². The Labute approximate surface area is 170 Å². The third kappa shape index (κ3) is 4.45.